The minimum absolute atomic E-state index is 0. The van der Waals surface area contributed by atoms with Gasteiger partial charge in [-0.25, -0.2) is 8.78 Å². The van der Waals surface area contributed by atoms with Crippen LogP contribution >= 0.6 is 24.0 Å². The summed E-state index contributed by atoms with van der Waals surface area (Å²) in [5.74, 6) is -0.0413. The van der Waals surface area contributed by atoms with E-state index in [4.69, 9.17) is 11.6 Å². The summed E-state index contributed by atoms with van der Waals surface area (Å²) in [7, 11) is 0. The number of pyridine rings is 1. The molecule has 36 heavy (non-hydrogen) atoms. The highest BCUT2D eigenvalue weighted by Gasteiger charge is 2.51. The lowest BCUT2D eigenvalue weighted by molar-refractivity contribution is -0.124. The van der Waals surface area contributed by atoms with E-state index in [1.54, 1.807) is 0 Å². The molecule has 2 aromatic rings. The van der Waals surface area contributed by atoms with Gasteiger partial charge in [-0.1, -0.05) is 29.8 Å². The summed E-state index contributed by atoms with van der Waals surface area (Å²) in [6.45, 7) is 2.35. The van der Waals surface area contributed by atoms with Crippen LogP contribution in [0.2, 0.25) is 5.02 Å². The molecule has 6 nitrogen and oxygen atoms in total. The summed E-state index contributed by atoms with van der Waals surface area (Å²) in [6, 6.07) is 9.29. The van der Waals surface area contributed by atoms with E-state index >= 15 is 0 Å². The lowest BCUT2D eigenvalue weighted by Crippen LogP contribution is -2.48. The molecule has 3 aliphatic rings. The Hall–Kier alpha value is -2.29. The maximum Gasteiger partial charge on any atom is 0.281 e. The van der Waals surface area contributed by atoms with Gasteiger partial charge in [-0.2, -0.15) is 0 Å². The molecule has 1 saturated heterocycles. The molecule has 2 N–H and O–H groups in total. The van der Waals surface area contributed by atoms with Gasteiger partial charge in [-0.05, 0) is 75.2 Å². The molecule has 2 aliphatic heterocycles. The third-order valence-corrected chi connectivity index (χ3v) is 7.99. The Kier molecular flexibility index (Phi) is 8.17. The fourth-order valence-corrected chi connectivity index (χ4v) is 6.09. The van der Waals surface area contributed by atoms with Crippen molar-refractivity contribution in [2.45, 2.75) is 56.4 Å². The molecule has 2 amide bonds. The van der Waals surface area contributed by atoms with Crippen molar-refractivity contribution in [3.63, 3.8) is 0 Å². The van der Waals surface area contributed by atoms with Crippen LogP contribution in [0.15, 0.2) is 36.5 Å². The molecule has 194 valence electrons. The van der Waals surface area contributed by atoms with Crippen molar-refractivity contribution < 1.29 is 18.4 Å². The Balaban J connectivity index is 0.00000304. The molecule has 0 radical (unpaired) electrons. The van der Waals surface area contributed by atoms with Gasteiger partial charge in [0.05, 0.1) is 16.0 Å². The van der Waals surface area contributed by atoms with Crippen LogP contribution in [0.25, 0.3) is 0 Å². The summed E-state index contributed by atoms with van der Waals surface area (Å²) < 4.78 is 26.6. The number of rotatable bonds is 5. The summed E-state index contributed by atoms with van der Waals surface area (Å²) in [4.78, 5) is 32.0. The van der Waals surface area contributed by atoms with Gasteiger partial charge in [-0.15, -0.1) is 12.4 Å². The highest BCUT2D eigenvalue weighted by Crippen LogP contribution is 2.47. The molecule has 5 rings (SSSR count). The van der Waals surface area contributed by atoms with Gasteiger partial charge >= 0.3 is 0 Å². The fraction of sp³-hybridized carbons (Fsp3) is 0.500. The number of hydrogen-bond donors (Lipinski definition) is 2. The monoisotopic (exact) mass is 538 g/mol. The van der Waals surface area contributed by atoms with Gasteiger partial charge in [0.1, 0.15) is 5.69 Å². The minimum Gasteiger partial charge on any atom is -0.349 e. The molecule has 0 atom stereocenters. The topological polar surface area (TPSA) is 74.3 Å². The van der Waals surface area contributed by atoms with Crippen molar-refractivity contribution >= 4 is 41.5 Å². The van der Waals surface area contributed by atoms with Crippen molar-refractivity contribution in [2.75, 3.05) is 24.5 Å². The molecule has 2 fully saturated rings. The van der Waals surface area contributed by atoms with Crippen LogP contribution in [-0.4, -0.2) is 42.5 Å². The Bertz CT molecular complexity index is 1120. The van der Waals surface area contributed by atoms with E-state index < -0.39 is 23.4 Å². The summed E-state index contributed by atoms with van der Waals surface area (Å²) in [6.07, 6.45) is 3.06. The number of anilines is 1. The van der Waals surface area contributed by atoms with Gasteiger partial charge in [0.2, 0.25) is 5.91 Å². The summed E-state index contributed by atoms with van der Waals surface area (Å²) in [5.41, 5.74) is 1.03. The van der Waals surface area contributed by atoms with E-state index in [2.05, 4.69) is 27.8 Å². The first-order valence-electron chi connectivity index (χ1n) is 12.3. The molecule has 1 spiro atoms. The van der Waals surface area contributed by atoms with Crippen molar-refractivity contribution in [3.05, 3.63) is 58.4 Å². The maximum absolute atomic E-state index is 13.7. The van der Waals surface area contributed by atoms with Gasteiger partial charge < -0.3 is 15.5 Å². The molecule has 1 aromatic carbocycles. The first kappa shape index (κ1) is 26.8. The third kappa shape index (κ3) is 4.95. The van der Waals surface area contributed by atoms with Crippen molar-refractivity contribution in [1.82, 2.24) is 15.6 Å². The highest BCUT2D eigenvalue weighted by atomic mass is 35.5. The Morgan fingerprint density at radius 3 is 2.58 bits per heavy atom. The first-order valence-corrected chi connectivity index (χ1v) is 12.6. The van der Waals surface area contributed by atoms with Gasteiger partial charge in [0.25, 0.3) is 12.3 Å². The van der Waals surface area contributed by atoms with E-state index in [-0.39, 0.29) is 34.9 Å². The standard InChI is InChI=1S/C26H29ClF2N4O2.ClH/c27-17-13-19(22(23(28)29)31-14-17)24(34)32-18-7-5-16(6-8-18)15-33-21-4-2-1-3-20(21)26(25(33)35)9-11-30-12-10-26;/h1-4,13-14,16,18,23,30H,5-12,15H2,(H,32,34);1H. The normalized spacial score (nSPS) is 22.9. The second kappa shape index (κ2) is 11.0. The molecule has 1 saturated carbocycles. The largest absolute Gasteiger partial charge is 0.349 e. The van der Waals surface area contributed by atoms with E-state index in [1.165, 1.54) is 6.07 Å². The van der Waals surface area contributed by atoms with Crippen LogP contribution in [0.5, 0.6) is 0 Å². The molecule has 10 heteroatoms. The smallest absolute Gasteiger partial charge is 0.281 e. The number of halogens is 4. The first-order chi connectivity index (χ1) is 16.9. The Morgan fingerprint density at radius 1 is 1.19 bits per heavy atom. The molecule has 3 heterocycles. The average molecular weight is 539 g/mol. The van der Waals surface area contributed by atoms with E-state index in [0.717, 1.165) is 69.1 Å². The molecule has 0 unspecified atom stereocenters. The second-order valence-corrected chi connectivity index (χ2v) is 10.3. The number of aromatic nitrogens is 1. The van der Waals surface area contributed by atoms with Crippen LogP contribution in [0.4, 0.5) is 14.5 Å². The van der Waals surface area contributed by atoms with Crippen LogP contribution < -0.4 is 15.5 Å². The van der Waals surface area contributed by atoms with Gasteiger partial charge in [0.15, 0.2) is 0 Å². The second-order valence-electron chi connectivity index (χ2n) is 9.84. The number of nitrogens with zero attached hydrogens (tertiary/aromatic N) is 2. The predicted octanol–water partition coefficient (Wildman–Crippen LogP) is 5.05. The van der Waals surface area contributed by atoms with E-state index in [0.29, 0.717) is 12.5 Å². The van der Waals surface area contributed by atoms with Crippen molar-refractivity contribution in [3.8, 4) is 0 Å². The van der Waals surface area contributed by atoms with Crippen LogP contribution in [0.1, 0.15) is 66.6 Å². The SMILES string of the molecule is Cl.O=C(NC1CCC(CN2C(=O)C3(CCNCC3)c3ccccc32)CC1)c1cc(Cl)cnc1C(F)F. The van der Waals surface area contributed by atoms with Gasteiger partial charge in [0, 0.05) is 24.5 Å². The minimum atomic E-state index is -2.85. The summed E-state index contributed by atoms with van der Waals surface area (Å²) >= 11 is 5.89. The van der Waals surface area contributed by atoms with E-state index in [1.807, 2.05) is 17.0 Å². The number of alkyl halides is 2. The molecule has 1 aromatic heterocycles. The predicted molar refractivity (Wildman–Crippen MR) is 137 cm³/mol. The van der Waals surface area contributed by atoms with E-state index in [9.17, 15) is 18.4 Å². The number of piperidine rings is 1. The maximum atomic E-state index is 13.7. The van der Waals surface area contributed by atoms with Gasteiger partial charge in [-0.3, -0.25) is 14.6 Å². The highest BCUT2D eigenvalue weighted by molar-refractivity contribution is 6.30. The average Bonchev–Trinajstić information content (AvgIpc) is 3.08. The van der Waals surface area contributed by atoms with Crippen LogP contribution in [0, 0.1) is 5.92 Å². The number of hydrogen-bond acceptors (Lipinski definition) is 4. The number of carbonyl (C=O) groups is 2. The third-order valence-electron chi connectivity index (χ3n) is 7.78. The number of benzene rings is 1. The zero-order valence-electron chi connectivity index (χ0n) is 19.8. The quantitative estimate of drug-likeness (QED) is 0.558. The van der Waals surface area contributed by atoms with Crippen LogP contribution in [0.3, 0.4) is 0 Å². The molecule has 0 bridgehead atoms. The number of para-hydroxylation sites is 1. The number of fused-ring (bicyclic) bond motifs is 2. The lowest BCUT2D eigenvalue weighted by Gasteiger charge is -2.35. The molecular formula is C26H30Cl2F2N4O2. The number of amides is 2. The number of nitrogens with one attached hydrogen (secondary N) is 2. The Labute approximate surface area is 220 Å². The lowest BCUT2D eigenvalue weighted by atomic mass is 9.74. The Morgan fingerprint density at radius 2 is 1.89 bits per heavy atom. The van der Waals surface area contributed by atoms with Crippen LogP contribution in [-0.2, 0) is 10.2 Å². The zero-order valence-corrected chi connectivity index (χ0v) is 21.4. The zero-order chi connectivity index (χ0) is 24.6. The van der Waals surface area contributed by atoms with Crippen molar-refractivity contribution in [1.29, 1.82) is 0 Å². The van der Waals surface area contributed by atoms with Crippen molar-refractivity contribution in [2.24, 2.45) is 5.92 Å². The summed E-state index contributed by atoms with van der Waals surface area (Å²) in [5, 5.41) is 6.40. The fourth-order valence-electron chi connectivity index (χ4n) is 5.93. The molecule has 1 aliphatic carbocycles. The molecular weight excluding hydrogens is 509 g/mol. The number of carbonyl (C=O) groups excluding carboxylic acids is 2.